The van der Waals surface area contributed by atoms with Gasteiger partial charge in [0, 0.05) is 20.3 Å². The second kappa shape index (κ2) is 5.98. The molecule has 14 heavy (non-hydrogen) atoms. The van der Waals surface area contributed by atoms with Crippen molar-refractivity contribution < 1.29 is 19.1 Å². The average Bonchev–Trinajstić information content (AvgIpc) is 2.16. The highest BCUT2D eigenvalue weighted by atomic mass is 16.5. The molecule has 0 unspecified atom stereocenters. The van der Waals surface area contributed by atoms with Crippen LogP contribution in [0.3, 0.4) is 0 Å². The molecule has 0 fully saturated rings. The van der Waals surface area contributed by atoms with Gasteiger partial charge in [-0.15, -0.1) is 0 Å². The van der Waals surface area contributed by atoms with Gasteiger partial charge in [-0.1, -0.05) is 0 Å². The molecule has 0 saturated carbocycles. The summed E-state index contributed by atoms with van der Waals surface area (Å²) >= 11 is 0. The Morgan fingerprint density at radius 2 is 1.57 bits per heavy atom. The van der Waals surface area contributed by atoms with Gasteiger partial charge in [-0.05, 0) is 0 Å². The Balaban J connectivity index is 4.63. The van der Waals surface area contributed by atoms with E-state index in [-0.39, 0.29) is 5.57 Å². The molecule has 6 nitrogen and oxygen atoms in total. The van der Waals surface area contributed by atoms with Crippen molar-refractivity contribution in [3.63, 3.8) is 0 Å². The molecule has 0 aliphatic heterocycles. The molecule has 6 heteroatoms. The van der Waals surface area contributed by atoms with Crippen molar-refractivity contribution >= 4 is 11.9 Å². The average molecular weight is 202 g/mol. The summed E-state index contributed by atoms with van der Waals surface area (Å²) in [6.07, 6.45) is 1.22. The minimum absolute atomic E-state index is 0.191. The third-order valence-electron chi connectivity index (χ3n) is 1.28. The summed E-state index contributed by atoms with van der Waals surface area (Å²) in [5, 5.41) is 1.56. The second-order valence-corrected chi connectivity index (χ2v) is 2.56. The van der Waals surface area contributed by atoms with Gasteiger partial charge in [0.15, 0.2) is 5.57 Å². The highest BCUT2D eigenvalue weighted by Gasteiger charge is 2.19. The lowest BCUT2D eigenvalue weighted by molar-refractivity contribution is -0.144. The zero-order chi connectivity index (χ0) is 11.1. The number of carbonyl (C=O) groups is 2. The fourth-order valence-corrected chi connectivity index (χ4v) is 0.615. The molecule has 0 heterocycles. The number of hydrogen-bond acceptors (Lipinski definition) is 6. The van der Waals surface area contributed by atoms with E-state index in [4.69, 9.17) is 0 Å². The minimum atomic E-state index is -0.744. The molecule has 0 spiro atoms. The van der Waals surface area contributed by atoms with E-state index < -0.39 is 11.9 Å². The number of hydrogen-bond donors (Lipinski definition) is 1. The molecule has 1 N–H and O–H groups in total. The maximum Gasteiger partial charge on any atom is 0.346 e. The normalized spacial score (nSPS) is 9.21. The molecule has 0 amide bonds. The lowest BCUT2D eigenvalue weighted by atomic mass is 10.3. The van der Waals surface area contributed by atoms with Crippen LogP contribution in [-0.2, 0) is 19.1 Å². The van der Waals surface area contributed by atoms with Crippen LogP contribution in [0.4, 0.5) is 0 Å². The maximum atomic E-state index is 11.1. The molecule has 80 valence electrons. The second-order valence-electron chi connectivity index (χ2n) is 2.56. The summed E-state index contributed by atoms with van der Waals surface area (Å²) in [6, 6.07) is 0. The Morgan fingerprint density at radius 3 is 1.86 bits per heavy atom. The van der Waals surface area contributed by atoms with Gasteiger partial charge >= 0.3 is 11.9 Å². The topological polar surface area (TPSA) is 67.9 Å². The van der Waals surface area contributed by atoms with Crippen LogP contribution in [0.15, 0.2) is 11.8 Å². The number of carbonyl (C=O) groups excluding carboxylic acids is 2. The molecule has 0 aromatic carbocycles. The Kier molecular flexibility index (Phi) is 5.31. The summed E-state index contributed by atoms with van der Waals surface area (Å²) in [4.78, 5) is 22.2. The van der Waals surface area contributed by atoms with Crippen molar-refractivity contribution in [2.45, 2.75) is 0 Å². The molecule has 0 atom stereocenters. The first kappa shape index (κ1) is 12.4. The van der Waals surface area contributed by atoms with Gasteiger partial charge in [-0.3, -0.25) is 0 Å². The van der Waals surface area contributed by atoms with Crippen LogP contribution in [0.2, 0.25) is 0 Å². The highest BCUT2D eigenvalue weighted by molar-refractivity contribution is 6.13. The Morgan fingerprint density at radius 1 is 1.14 bits per heavy atom. The quantitative estimate of drug-likeness (QED) is 0.213. The highest BCUT2D eigenvalue weighted by Crippen LogP contribution is 1.98. The van der Waals surface area contributed by atoms with Gasteiger partial charge in [0.1, 0.15) is 0 Å². The number of esters is 2. The first-order chi connectivity index (χ1) is 6.52. The number of hydrazine groups is 1. The number of rotatable bonds is 4. The first-order valence-corrected chi connectivity index (χ1v) is 3.83. The van der Waals surface area contributed by atoms with E-state index in [9.17, 15) is 9.59 Å². The van der Waals surface area contributed by atoms with E-state index in [0.717, 1.165) is 0 Å². The monoisotopic (exact) mass is 202 g/mol. The maximum absolute atomic E-state index is 11.1. The fraction of sp³-hybridized carbons (Fsp3) is 0.500. The van der Waals surface area contributed by atoms with E-state index >= 15 is 0 Å². The molecular formula is C8H14N2O4. The number of nitrogens with one attached hydrogen (secondary N) is 1. The molecule has 0 radical (unpaired) electrons. The Labute approximate surface area is 82.4 Å². The molecule has 0 aliphatic rings. The molecule has 0 bridgehead atoms. The van der Waals surface area contributed by atoms with Crippen LogP contribution in [0, 0.1) is 0 Å². The van der Waals surface area contributed by atoms with E-state index in [1.165, 1.54) is 20.4 Å². The van der Waals surface area contributed by atoms with Crippen LogP contribution in [0.5, 0.6) is 0 Å². The standard InChI is InChI=1S/C8H14N2O4/c1-10(2)9-5-6(7(11)13-3)8(12)14-4/h5,9H,1-4H3. The van der Waals surface area contributed by atoms with Gasteiger partial charge in [0.2, 0.25) is 0 Å². The predicted octanol–water partition coefficient (Wildman–Crippen LogP) is -0.717. The first-order valence-electron chi connectivity index (χ1n) is 3.83. The van der Waals surface area contributed by atoms with Crippen LogP contribution in [0.25, 0.3) is 0 Å². The number of methoxy groups -OCH3 is 2. The summed E-state index contributed by atoms with van der Waals surface area (Å²) in [5.74, 6) is -1.49. The Bertz CT molecular complexity index is 230. The summed E-state index contributed by atoms with van der Waals surface area (Å²) in [7, 11) is 5.80. The lowest BCUT2D eigenvalue weighted by Crippen LogP contribution is -2.28. The SMILES string of the molecule is COC(=O)C(=CNN(C)C)C(=O)OC. The van der Waals surface area contributed by atoms with Gasteiger partial charge in [-0.25, -0.2) is 14.6 Å². The van der Waals surface area contributed by atoms with E-state index in [0.29, 0.717) is 0 Å². The van der Waals surface area contributed by atoms with Crippen molar-refractivity contribution in [3.05, 3.63) is 11.8 Å². The van der Waals surface area contributed by atoms with Crippen LogP contribution >= 0.6 is 0 Å². The van der Waals surface area contributed by atoms with E-state index in [2.05, 4.69) is 14.9 Å². The van der Waals surface area contributed by atoms with Crippen molar-refractivity contribution in [2.75, 3.05) is 28.3 Å². The van der Waals surface area contributed by atoms with Gasteiger partial charge in [0.05, 0.1) is 14.2 Å². The van der Waals surface area contributed by atoms with Gasteiger partial charge in [0.25, 0.3) is 0 Å². The van der Waals surface area contributed by atoms with Crippen LogP contribution in [-0.4, -0.2) is 45.3 Å². The number of ether oxygens (including phenoxy) is 2. The van der Waals surface area contributed by atoms with Gasteiger partial charge < -0.3 is 14.9 Å². The molecule has 0 saturated heterocycles. The van der Waals surface area contributed by atoms with Gasteiger partial charge in [-0.2, -0.15) is 0 Å². The fourth-order valence-electron chi connectivity index (χ4n) is 0.615. The zero-order valence-electron chi connectivity index (χ0n) is 8.66. The van der Waals surface area contributed by atoms with Crippen molar-refractivity contribution in [1.29, 1.82) is 0 Å². The van der Waals surface area contributed by atoms with Crippen LogP contribution in [0.1, 0.15) is 0 Å². The summed E-state index contributed by atoms with van der Waals surface area (Å²) < 4.78 is 8.80. The zero-order valence-corrected chi connectivity index (χ0v) is 8.66. The van der Waals surface area contributed by atoms with Crippen molar-refractivity contribution in [1.82, 2.24) is 10.4 Å². The smallest absolute Gasteiger partial charge is 0.346 e. The summed E-state index contributed by atoms with van der Waals surface area (Å²) in [5.41, 5.74) is 2.45. The lowest BCUT2D eigenvalue weighted by Gasteiger charge is -2.10. The number of nitrogens with zero attached hydrogens (tertiary/aromatic N) is 1. The van der Waals surface area contributed by atoms with Crippen molar-refractivity contribution in [2.24, 2.45) is 0 Å². The third kappa shape index (κ3) is 3.90. The Hall–Kier alpha value is -1.56. The summed E-state index contributed by atoms with van der Waals surface area (Å²) in [6.45, 7) is 0. The predicted molar refractivity (Wildman–Crippen MR) is 48.9 cm³/mol. The van der Waals surface area contributed by atoms with Crippen LogP contribution < -0.4 is 5.43 Å². The third-order valence-corrected chi connectivity index (χ3v) is 1.28. The largest absolute Gasteiger partial charge is 0.465 e. The van der Waals surface area contributed by atoms with Crippen molar-refractivity contribution in [3.8, 4) is 0 Å². The molecule has 0 aliphatic carbocycles. The molecule has 0 rings (SSSR count). The molecule has 0 aromatic rings. The van der Waals surface area contributed by atoms with E-state index in [1.807, 2.05) is 0 Å². The van der Waals surface area contributed by atoms with E-state index in [1.54, 1.807) is 19.1 Å². The molecule has 0 aromatic heterocycles. The minimum Gasteiger partial charge on any atom is -0.465 e. The molecular weight excluding hydrogens is 188 g/mol.